The molecule has 3 nitrogen and oxygen atoms in total. The smallest absolute Gasteiger partial charge is 0.128 e. The average Bonchev–Trinajstić information content (AvgIpc) is 2.85. The van der Waals surface area contributed by atoms with Crippen LogP contribution in [0.1, 0.15) is 84.0 Å². The Labute approximate surface area is 263 Å². The molecular weight excluding hydrogens is 682 g/mol. The van der Waals surface area contributed by atoms with Gasteiger partial charge in [0, 0.05) is 0 Å². The third kappa shape index (κ3) is 17.2. The molecule has 0 radical (unpaired) electrons. The Hall–Kier alpha value is -0.120. The van der Waals surface area contributed by atoms with E-state index in [1.54, 1.807) is 0 Å². The van der Waals surface area contributed by atoms with E-state index in [4.69, 9.17) is 4.74 Å². The highest BCUT2D eigenvalue weighted by Crippen LogP contribution is 2.21. The summed E-state index contributed by atoms with van der Waals surface area (Å²) in [6, 6.07) is 14.9. The average molecular weight is 739 g/mol. The van der Waals surface area contributed by atoms with E-state index in [1.165, 1.54) is 112 Å². The summed E-state index contributed by atoms with van der Waals surface area (Å²) in [6.07, 6.45) is 16.5. The number of quaternary nitrogens is 2. The van der Waals surface area contributed by atoms with E-state index in [1.807, 2.05) is 0 Å². The molecule has 0 heterocycles. The third-order valence-corrected chi connectivity index (χ3v) is 7.81. The zero-order valence-corrected chi connectivity index (χ0v) is 28.9. The van der Waals surface area contributed by atoms with Gasteiger partial charge in [0.2, 0.25) is 0 Å². The first-order chi connectivity index (χ1) is 16.8. The molecule has 0 N–H and O–H groups in total. The number of halogens is 2. The second-order valence-electron chi connectivity index (χ2n) is 12.0. The maximum atomic E-state index is 5.96. The number of likely N-dealkylation sites (N-methyl/N-ethyl adjacent to an activating group) is 2. The maximum absolute atomic E-state index is 5.96. The molecule has 0 saturated heterocycles. The Morgan fingerprint density at radius 3 is 1.59 bits per heavy atom. The van der Waals surface area contributed by atoms with Gasteiger partial charge >= 0.3 is 0 Å². The van der Waals surface area contributed by atoms with Crippen molar-refractivity contribution in [3.63, 3.8) is 0 Å². The molecule has 0 atom stereocenters. The van der Waals surface area contributed by atoms with Gasteiger partial charge in [0.1, 0.15) is 18.8 Å². The van der Waals surface area contributed by atoms with Crippen LogP contribution in [0.25, 0.3) is 10.8 Å². The number of ether oxygens (including phenoxy) is 1. The van der Waals surface area contributed by atoms with E-state index in [-0.39, 0.29) is 48.0 Å². The molecule has 0 aliphatic carbocycles. The lowest BCUT2D eigenvalue weighted by molar-refractivity contribution is -0.945. The first kappa shape index (κ1) is 36.9. The molecular formula is C32H56I2N2O. The second kappa shape index (κ2) is 20.7. The summed E-state index contributed by atoms with van der Waals surface area (Å²) in [4.78, 5) is 0. The summed E-state index contributed by atoms with van der Waals surface area (Å²) in [6.45, 7) is 8.26. The highest BCUT2D eigenvalue weighted by molar-refractivity contribution is 5.83. The van der Waals surface area contributed by atoms with Crippen LogP contribution < -0.4 is 52.7 Å². The molecule has 0 amide bonds. The number of nitrogens with zero attached hydrogens (tertiary/aromatic N) is 2. The van der Waals surface area contributed by atoms with Crippen LogP contribution in [-0.2, 0) is 0 Å². The topological polar surface area (TPSA) is 9.23 Å². The van der Waals surface area contributed by atoms with Crippen LogP contribution in [0.15, 0.2) is 42.5 Å². The standard InChI is InChI=1S/C32H56N2O.2HI/c1-6-33(2,3)26-27-34(4,5)25-19-15-13-11-9-7-8-10-12-14-16-20-28-35-32-24-23-30-21-17-18-22-31(30)29-32;;/h17-18,21-24,29H,6-16,19-20,25-28H2,1-5H3;2*1H/q+2;;/p-2. The first-order valence-corrected chi connectivity index (χ1v) is 14.6. The highest BCUT2D eigenvalue weighted by Gasteiger charge is 2.20. The molecule has 0 aliphatic rings. The summed E-state index contributed by atoms with van der Waals surface area (Å²) >= 11 is 0. The largest absolute Gasteiger partial charge is 1.00 e. The minimum atomic E-state index is 0. The van der Waals surface area contributed by atoms with Crippen molar-refractivity contribution in [2.75, 3.05) is 61.0 Å². The third-order valence-electron chi connectivity index (χ3n) is 7.81. The fourth-order valence-corrected chi connectivity index (χ4v) is 4.67. The van der Waals surface area contributed by atoms with E-state index in [0.29, 0.717) is 0 Å². The van der Waals surface area contributed by atoms with Crippen molar-refractivity contribution in [1.29, 1.82) is 0 Å². The number of fused-ring (bicyclic) bond motifs is 1. The molecule has 37 heavy (non-hydrogen) atoms. The Morgan fingerprint density at radius 2 is 1.03 bits per heavy atom. The Kier molecular flexibility index (Phi) is 20.7. The van der Waals surface area contributed by atoms with Gasteiger partial charge < -0.3 is 61.7 Å². The van der Waals surface area contributed by atoms with Crippen molar-refractivity contribution in [1.82, 2.24) is 0 Å². The first-order valence-electron chi connectivity index (χ1n) is 14.6. The quantitative estimate of drug-likeness (QED) is 0.115. The van der Waals surface area contributed by atoms with Crippen LogP contribution in [-0.4, -0.2) is 69.9 Å². The van der Waals surface area contributed by atoms with Gasteiger partial charge in [0.15, 0.2) is 0 Å². The van der Waals surface area contributed by atoms with Crippen LogP contribution >= 0.6 is 0 Å². The van der Waals surface area contributed by atoms with Crippen molar-refractivity contribution >= 4 is 10.8 Å². The predicted octanol–water partition coefficient (Wildman–Crippen LogP) is 2.08. The molecule has 2 aromatic carbocycles. The fourth-order valence-electron chi connectivity index (χ4n) is 4.67. The second-order valence-corrected chi connectivity index (χ2v) is 12.0. The number of benzene rings is 2. The number of rotatable bonds is 20. The molecule has 0 aromatic heterocycles. The summed E-state index contributed by atoms with van der Waals surface area (Å²) in [7, 11) is 9.52. The van der Waals surface area contributed by atoms with Crippen molar-refractivity contribution < 1.29 is 61.7 Å². The zero-order chi connectivity index (χ0) is 25.4. The molecule has 5 heteroatoms. The number of hydrogen-bond acceptors (Lipinski definition) is 1. The van der Waals surface area contributed by atoms with Crippen molar-refractivity contribution in [3.05, 3.63) is 42.5 Å². The van der Waals surface area contributed by atoms with Gasteiger partial charge in [0.05, 0.1) is 47.9 Å². The molecule has 0 bridgehead atoms. The van der Waals surface area contributed by atoms with Gasteiger partial charge in [-0.3, -0.25) is 0 Å². The van der Waals surface area contributed by atoms with E-state index in [9.17, 15) is 0 Å². The summed E-state index contributed by atoms with van der Waals surface area (Å²) in [5.74, 6) is 1.00. The molecule has 0 spiro atoms. The van der Waals surface area contributed by atoms with E-state index in [2.05, 4.69) is 77.6 Å². The molecule has 2 aromatic rings. The van der Waals surface area contributed by atoms with Crippen LogP contribution in [0.4, 0.5) is 0 Å². The molecule has 2 rings (SSSR count). The Balaban J connectivity index is 0.00000648. The van der Waals surface area contributed by atoms with Gasteiger partial charge in [-0.05, 0) is 49.1 Å². The minimum absolute atomic E-state index is 0. The lowest BCUT2D eigenvalue weighted by Gasteiger charge is -2.35. The van der Waals surface area contributed by atoms with Crippen LogP contribution in [0.3, 0.4) is 0 Å². The molecule has 0 saturated carbocycles. The molecule has 0 unspecified atom stereocenters. The Bertz CT molecular complexity index is 825. The van der Waals surface area contributed by atoms with Gasteiger partial charge in [-0.1, -0.05) is 88.1 Å². The predicted molar refractivity (Wildman–Crippen MR) is 154 cm³/mol. The Morgan fingerprint density at radius 1 is 0.541 bits per heavy atom. The van der Waals surface area contributed by atoms with Crippen molar-refractivity contribution in [3.8, 4) is 5.75 Å². The molecule has 0 fully saturated rings. The SMILES string of the molecule is CC[N+](C)(C)CC[N+](C)(C)CCCCCCCCCCCCCCOc1ccc2ccccc2c1.[I-].[I-]. The van der Waals surface area contributed by atoms with Crippen LogP contribution in [0.5, 0.6) is 5.75 Å². The van der Waals surface area contributed by atoms with Gasteiger partial charge in [0.25, 0.3) is 0 Å². The number of hydrogen-bond donors (Lipinski definition) is 0. The number of unbranched alkanes of at least 4 members (excludes halogenated alkanes) is 11. The maximum Gasteiger partial charge on any atom is 0.128 e. The monoisotopic (exact) mass is 738 g/mol. The van der Waals surface area contributed by atoms with E-state index in [0.717, 1.165) is 23.3 Å². The summed E-state index contributed by atoms with van der Waals surface area (Å²) < 4.78 is 8.28. The minimum Gasteiger partial charge on any atom is -1.00 e. The van der Waals surface area contributed by atoms with Crippen molar-refractivity contribution in [2.24, 2.45) is 0 Å². The fraction of sp³-hybridized carbons (Fsp3) is 0.688. The van der Waals surface area contributed by atoms with E-state index >= 15 is 0 Å². The van der Waals surface area contributed by atoms with E-state index < -0.39 is 0 Å². The van der Waals surface area contributed by atoms with Crippen LogP contribution in [0.2, 0.25) is 0 Å². The molecule has 214 valence electrons. The highest BCUT2D eigenvalue weighted by atomic mass is 127. The van der Waals surface area contributed by atoms with Crippen molar-refractivity contribution in [2.45, 2.75) is 84.0 Å². The zero-order valence-electron chi connectivity index (χ0n) is 24.6. The lowest BCUT2D eigenvalue weighted by Crippen LogP contribution is -3.00. The summed E-state index contributed by atoms with van der Waals surface area (Å²) in [5, 5.41) is 2.54. The molecule has 0 aliphatic heterocycles. The lowest BCUT2D eigenvalue weighted by atomic mass is 10.0. The normalized spacial score (nSPS) is 11.7. The van der Waals surface area contributed by atoms with Gasteiger partial charge in [-0.15, -0.1) is 0 Å². The van der Waals surface area contributed by atoms with Gasteiger partial charge in [-0.2, -0.15) is 0 Å². The summed E-state index contributed by atoms with van der Waals surface area (Å²) in [5.41, 5.74) is 0. The van der Waals surface area contributed by atoms with Gasteiger partial charge in [-0.25, -0.2) is 0 Å². The van der Waals surface area contributed by atoms with Crippen LogP contribution in [0, 0.1) is 0 Å².